The van der Waals surface area contributed by atoms with Crippen molar-refractivity contribution < 1.29 is 9.53 Å². The topological polar surface area (TPSA) is 50.4 Å². The van der Waals surface area contributed by atoms with Crippen molar-refractivity contribution >= 4 is 28.1 Å². The lowest BCUT2D eigenvalue weighted by atomic mass is 9.98. The molecule has 2 atom stereocenters. The van der Waals surface area contributed by atoms with Crippen LogP contribution in [0.15, 0.2) is 0 Å². The Morgan fingerprint density at radius 1 is 1.05 bits per heavy atom. The second-order valence-corrected chi connectivity index (χ2v) is 8.89. The van der Waals surface area contributed by atoms with Gasteiger partial charge in [0.05, 0.1) is 0 Å². The highest BCUT2D eigenvalue weighted by atomic mass is 33.1. The largest absolute Gasteiger partial charge is 0.465 e. The van der Waals surface area contributed by atoms with Crippen LogP contribution in [0.2, 0.25) is 0 Å². The molecule has 0 aromatic rings. The molecule has 2 N–H and O–H groups in total. The summed E-state index contributed by atoms with van der Waals surface area (Å²) in [5.74, 6) is 1.30. The molecular weight excluding hydrogens is 304 g/mol. The van der Waals surface area contributed by atoms with Gasteiger partial charge >= 0.3 is 0 Å². The van der Waals surface area contributed by atoms with Gasteiger partial charge in [-0.2, -0.15) is 0 Å². The highest BCUT2D eigenvalue weighted by Crippen LogP contribution is 2.46. The monoisotopic (exact) mass is 332 g/mol. The maximum absolute atomic E-state index is 10.5. The minimum atomic E-state index is 0.0976. The number of rotatable bonds is 2. The second-order valence-electron chi connectivity index (χ2n) is 6.01. The third kappa shape index (κ3) is 6.38. The molecule has 0 saturated carbocycles. The summed E-state index contributed by atoms with van der Waals surface area (Å²) in [5, 5.41) is 7.20. The fourth-order valence-corrected chi connectivity index (χ4v) is 6.26. The predicted octanol–water partition coefficient (Wildman–Crippen LogP) is 2.59. The third-order valence-corrected chi connectivity index (χ3v) is 7.70. The molecule has 0 radical (unpaired) electrons. The van der Waals surface area contributed by atoms with Crippen molar-refractivity contribution in [3.63, 3.8) is 0 Å². The highest BCUT2D eigenvalue weighted by Gasteiger charge is 2.32. The Labute approximate surface area is 136 Å². The van der Waals surface area contributed by atoms with Gasteiger partial charge in [-0.3, -0.25) is 4.79 Å². The molecule has 4 nitrogen and oxygen atoms in total. The van der Waals surface area contributed by atoms with E-state index < -0.39 is 0 Å². The molecule has 2 aliphatic heterocycles. The second kappa shape index (κ2) is 9.98. The molecule has 0 amide bonds. The van der Waals surface area contributed by atoms with Gasteiger partial charge in [0.1, 0.15) is 6.10 Å². The molecule has 6 heteroatoms. The quantitative estimate of drug-likeness (QED) is 0.599. The van der Waals surface area contributed by atoms with E-state index >= 15 is 0 Å². The molecule has 0 bridgehead atoms. The van der Waals surface area contributed by atoms with Gasteiger partial charge < -0.3 is 15.4 Å². The maximum Gasteiger partial charge on any atom is 0.293 e. The van der Waals surface area contributed by atoms with E-state index in [9.17, 15) is 4.79 Å². The molecule has 122 valence electrons. The van der Waals surface area contributed by atoms with Crippen LogP contribution in [0.1, 0.15) is 44.9 Å². The van der Waals surface area contributed by atoms with Gasteiger partial charge in [0.15, 0.2) is 0 Å². The van der Waals surface area contributed by atoms with Crippen molar-refractivity contribution in [3.8, 4) is 0 Å². The van der Waals surface area contributed by atoms with Crippen LogP contribution in [0.4, 0.5) is 0 Å². The summed E-state index contributed by atoms with van der Waals surface area (Å²) in [5.41, 5.74) is 0. The average molecular weight is 333 g/mol. The van der Waals surface area contributed by atoms with E-state index in [0.29, 0.717) is 11.2 Å². The summed E-state index contributed by atoms with van der Waals surface area (Å²) in [6, 6.07) is 0. The van der Waals surface area contributed by atoms with Crippen LogP contribution >= 0.6 is 21.6 Å². The zero-order chi connectivity index (χ0) is 14.8. The van der Waals surface area contributed by atoms with Crippen LogP contribution in [0.5, 0.6) is 0 Å². The predicted molar refractivity (Wildman–Crippen MR) is 91.8 cm³/mol. The van der Waals surface area contributed by atoms with Gasteiger partial charge in [0.2, 0.25) is 0 Å². The van der Waals surface area contributed by atoms with E-state index in [4.69, 9.17) is 4.74 Å². The van der Waals surface area contributed by atoms with Crippen LogP contribution < -0.4 is 10.6 Å². The van der Waals surface area contributed by atoms with E-state index in [0.717, 1.165) is 51.9 Å². The smallest absolute Gasteiger partial charge is 0.293 e. The normalized spacial score (nSPS) is 33.4. The van der Waals surface area contributed by atoms with Crippen molar-refractivity contribution in [2.45, 2.75) is 55.8 Å². The van der Waals surface area contributed by atoms with Crippen LogP contribution in [-0.4, -0.2) is 49.3 Å². The van der Waals surface area contributed by atoms with Crippen LogP contribution in [0.3, 0.4) is 0 Å². The van der Waals surface area contributed by atoms with Gasteiger partial charge in [0, 0.05) is 17.0 Å². The number of carbonyl (C=O) groups is 1. The molecule has 0 aromatic carbocycles. The first-order valence-electron chi connectivity index (χ1n) is 8.16. The summed E-state index contributed by atoms with van der Waals surface area (Å²) in [4.78, 5) is 10.5. The molecule has 2 rings (SSSR count). The Bertz CT molecular complexity index is 299. The number of carbonyl (C=O) groups excluding carboxylic acids is 1. The molecule has 0 aromatic heterocycles. The number of hydrogen-bond donors (Lipinski definition) is 2. The maximum atomic E-state index is 10.5. The Hall–Kier alpha value is 0.0900. The minimum absolute atomic E-state index is 0.0976. The number of hydrogen-bond acceptors (Lipinski definition) is 6. The zero-order valence-electron chi connectivity index (χ0n) is 12.8. The first kappa shape index (κ1) is 17.4. The molecule has 2 saturated heterocycles. The Balaban J connectivity index is 1.83. The number of ether oxygens (including phenoxy) is 1. The molecule has 2 aliphatic rings. The van der Waals surface area contributed by atoms with E-state index in [1.807, 2.05) is 10.8 Å². The molecule has 2 heterocycles. The van der Waals surface area contributed by atoms with E-state index in [2.05, 4.69) is 21.4 Å². The van der Waals surface area contributed by atoms with E-state index in [1.54, 1.807) is 0 Å². The molecule has 2 fully saturated rings. The average Bonchev–Trinajstić information content (AvgIpc) is 2.52. The molecule has 2 unspecified atom stereocenters. The molecule has 1 spiro atoms. The molecular formula is C15H28N2O2S2. The summed E-state index contributed by atoms with van der Waals surface area (Å²) < 4.78 is 5.59. The van der Waals surface area contributed by atoms with Crippen molar-refractivity contribution in [1.29, 1.82) is 0 Å². The van der Waals surface area contributed by atoms with Crippen LogP contribution in [0.25, 0.3) is 0 Å². The summed E-state index contributed by atoms with van der Waals surface area (Å²) >= 11 is 0. The fourth-order valence-electron chi connectivity index (χ4n) is 3.06. The standard InChI is InChI=1S/C15H28N2O2S2/c18-13-19-14-4-1-8-16-10-7-15(6-3-11-20-21-15)12-17-9-2-5-14/h13-14,16-17H,1-12H2. The van der Waals surface area contributed by atoms with E-state index in [1.165, 1.54) is 25.0 Å². The highest BCUT2D eigenvalue weighted by molar-refractivity contribution is 8.77. The Morgan fingerprint density at radius 3 is 2.57 bits per heavy atom. The van der Waals surface area contributed by atoms with Crippen molar-refractivity contribution in [3.05, 3.63) is 0 Å². The van der Waals surface area contributed by atoms with E-state index in [-0.39, 0.29) is 6.10 Å². The van der Waals surface area contributed by atoms with Gasteiger partial charge in [-0.05, 0) is 64.6 Å². The summed E-state index contributed by atoms with van der Waals surface area (Å²) in [6.45, 7) is 4.85. The van der Waals surface area contributed by atoms with Gasteiger partial charge in [-0.25, -0.2) is 0 Å². The number of nitrogens with one attached hydrogen (secondary N) is 2. The Morgan fingerprint density at radius 2 is 1.86 bits per heavy atom. The zero-order valence-corrected chi connectivity index (χ0v) is 14.4. The SMILES string of the molecule is O=COC1CCCNCCC2(CCCSS2)CNCCC1. The van der Waals surface area contributed by atoms with Gasteiger partial charge in [-0.1, -0.05) is 21.6 Å². The molecule has 0 aliphatic carbocycles. The van der Waals surface area contributed by atoms with Crippen molar-refractivity contribution in [1.82, 2.24) is 10.6 Å². The summed E-state index contributed by atoms with van der Waals surface area (Å²) in [6.07, 6.45) is 8.12. The molecule has 21 heavy (non-hydrogen) atoms. The van der Waals surface area contributed by atoms with Crippen LogP contribution in [-0.2, 0) is 9.53 Å². The first-order chi connectivity index (χ1) is 10.3. The van der Waals surface area contributed by atoms with Gasteiger partial charge in [-0.15, -0.1) is 0 Å². The first-order valence-corrected chi connectivity index (χ1v) is 10.5. The summed E-state index contributed by atoms with van der Waals surface area (Å²) in [7, 11) is 4.13. The lowest BCUT2D eigenvalue weighted by Gasteiger charge is -2.36. The lowest BCUT2D eigenvalue weighted by Crippen LogP contribution is -2.41. The fraction of sp³-hybridized carbons (Fsp3) is 0.933. The third-order valence-electron chi connectivity index (χ3n) is 4.31. The Kier molecular flexibility index (Phi) is 8.29. The minimum Gasteiger partial charge on any atom is -0.465 e. The van der Waals surface area contributed by atoms with Crippen molar-refractivity contribution in [2.75, 3.05) is 31.9 Å². The van der Waals surface area contributed by atoms with Crippen LogP contribution in [0, 0.1) is 0 Å². The van der Waals surface area contributed by atoms with Crippen molar-refractivity contribution in [2.24, 2.45) is 0 Å². The van der Waals surface area contributed by atoms with Gasteiger partial charge in [0.25, 0.3) is 6.47 Å². The lowest BCUT2D eigenvalue weighted by molar-refractivity contribution is -0.134.